The summed E-state index contributed by atoms with van der Waals surface area (Å²) in [7, 11) is 0. The zero-order chi connectivity index (χ0) is 14.1. The van der Waals surface area contributed by atoms with Gasteiger partial charge >= 0.3 is 5.97 Å². The van der Waals surface area contributed by atoms with Crippen molar-refractivity contribution >= 4 is 34.6 Å². The molecule has 19 heavy (non-hydrogen) atoms. The van der Waals surface area contributed by atoms with Crippen molar-refractivity contribution in [3.8, 4) is 0 Å². The largest absolute Gasteiger partial charge is 0.476 e. The Morgan fingerprint density at radius 1 is 1.63 bits per heavy atom. The van der Waals surface area contributed by atoms with Crippen LogP contribution in [0.25, 0.3) is 0 Å². The summed E-state index contributed by atoms with van der Waals surface area (Å²) >= 11 is 1.09. The smallest absolute Gasteiger partial charge is 0.360 e. The number of aliphatic carboxylic acids is 1. The van der Waals surface area contributed by atoms with Gasteiger partial charge in [-0.3, -0.25) is 4.79 Å². The molecule has 0 aliphatic heterocycles. The molecule has 1 aromatic rings. The van der Waals surface area contributed by atoms with E-state index in [1.54, 1.807) is 0 Å². The SMILES string of the molecule is CCOCCON=C(C(=O)O)c1csc(NC=O)n1. The molecule has 8 nitrogen and oxygen atoms in total. The van der Waals surface area contributed by atoms with Crippen LogP contribution in [0.3, 0.4) is 0 Å². The number of hydrogen-bond donors (Lipinski definition) is 2. The fraction of sp³-hybridized carbons (Fsp3) is 0.400. The minimum atomic E-state index is -1.26. The molecular formula is C10H13N3O5S. The van der Waals surface area contributed by atoms with Crippen LogP contribution in [0.5, 0.6) is 0 Å². The lowest BCUT2D eigenvalue weighted by molar-refractivity contribution is -0.129. The molecule has 1 amide bonds. The molecule has 0 spiro atoms. The van der Waals surface area contributed by atoms with Crippen molar-refractivity contribution in [2.45, 2.75) is 6.92 Å². The van der Waals surface area contributed by atoms with Gasteiger partial charge in [0.15, 0.2) is 5.13 Å². The van der Waals surface area contributed by atoms with Gasteiger partial charge in [0.2, 0.25) is 12.1 Å². The first-order chi connectivity index (χ1) is 9.19. The van der Waals surface area contributed by atoms with E-state index in [-0.39, 0.29) is 23.1 Å². The first-order valence-electron chi connectivity index (χ1n) is 5.36. The number of rotatable bonds is 9. The minimum Gasteiger partial charge on any atom is -0.476 e. The molecule has 0 fully saturated rings. The fourth-order valence-corrected chi connectivity index (χ4v) is 1.70. The van der Waals surface area contributed by atoms with Crippen LogP contribution in [0, 0.1) is 0 Å². The molecule has 0 bridgehead atoms. The number of thiazole rings is 1. The van der Waals surface area contributed by atoms with Gasteiger partial charge in [0.1, 0.15) is 12.3 Å². The maximum Gasteiger partial charge on any atom is 0.360 e. The Bertz CT molecular complexity index is 460. The Labute approximate surface area is 113 Å². The van der Waals surface area contributed by atoms with Gasteiger partial charge in [-0.2, -0.15) is 0 Å². The molecule has 0 unspecified atom stereocenters. The van der Waals surface area contributed by atoms with E-state index in [2.05, 4.69) is 15.5 Å². The zero-order valence-corrected chi connectivity index (χ0v) is 11.0. The predicted molar refractivity (Wildman–Crippen MR) is 68.4 cm³/mol. The average Bonchev–Trinajstić information content (AvgIpc) is 2.82. The summed E-state index contributed by atoms with van der Waals surface area (Å²) in [6, 6.07) is 0. The van der Waals surface area contributed by atoms with E-state index in [4.69, 9.17) is 14.7 Å². The molecule has 9 heteroatoms. The lowest BCUT2D eigenvalue weighted by atomic mass is 10.3. The number of aromatic nitrogens is 1. The molecular weight excluding hydrogens is 274 g/mol. The van der Waals surface area contributed by atoms with E-state index < -0.39 is 5.97 Å². The van der Waals surface area contributed by atoms with Gasteiger partial charge in [0.25, 0.3) is 0 Å². The van der Waals surface area contributed by atoms with Gasteiger partial charge in [0, 0.05) is 12.0 Å². The molecule has 2 N–H and O–H groups in total. The molecule has 0 aliphatic carbocycles. The molecule has 1 aromatic heterocycles. The lowest BCUT2D eigenvalue weighted by Gasteiger charge is -2.01. The number of amides is 1. The van der Waals surface area contributed by atoms with E-state index in [9.17, 15) is 9.59 Å². The first kappa shape index (κ1) is 15.1. The van der Waals surface area contributed by atoms with Crippen molar-refractivity contribution in [2.24, 2.45) is 5.16 Å². The summed E-state index contributed by atoms with van der Waals surface area (Å²) in [5, 5.41) is 16.6. The van der Waals surface area contributed by atoms with Crippen LogP contribution < -0.4 is 5.32 Å². The number of carbonyl (C=O) groups excluding carboxylic acids is 1. The second-order valence-electron chi connectivity index (χ2n) is 3.08. The number of nitrogens with zero attached hydrogens (tertiary/aromatic N) is 2. The molecule has 0 atom stereocenters. The Hall–Kier alpha value is -2.00. The topological polar surface area (TPSA) is 110 Å². The Morgan fingerprint density at radius 2 is 2.42 bits per heavy atom. The number of hydrogen-bond acceptors (Lipinski definition) is 7. The van der Waals surface area contributed by atoms with Gasteiger partial charge in [0.05, 0.1) is 6.61 Å². The standard InChI is InChI=1S/C10H13N3O5S/c1-2-17-3-4-18-13-8(9(15)16)7-5-19-10(12-7)11-6-14/h5-6H,2-4H2,1H3,(H,15,16)(H,11,12,14). The number of anilines is 1. The molecule has 0 saturated carbocycles. The Morgan fingerprint density at radius 3 is 3.05 bits per heavy atom. The van der Waals surface area contributed by atoms with E-state index in [0.717, 1.165) is 11.3 Å². The highest BCUT2D eigenvalue weighted by molar-refractivity contribution is 7.14. The summed E-state index contributed by atoms with van der Waals surface area (Å²) in [5.41, 5.74) is -0.204. The zero-order valence-electron chi connectivity index (χ0n) is 10.2. The molecule has 0 aliphatic rings. The van der Waals surface area contributed by atoms with Crippen LogP contribution in [-0.2, 0) is 19.2 Å². The number of carboxylic acid groups (broad SMARTS) is 1. The number of nitrogens with one attached hydrogen (secondary N) is 1. The maximum atomic E-state index is 11.0. The van der Waals surface area contributed by atoms with Crippen LogP contribution in [0.2, 0.25) is 0 Å². The minimum absolute atomic E-state index is 0.123. The van der Waals surface area contributed by atoms with Crippen LogP contribution in [0.1, 0.15) is 12.6 Å². The van der Waals surface area contributed by atoms with Crippen molar-refractivity contribution in [3.63, 3.8) is 0 Å². The second kappa shape index (κ2) is 8.16. The molecule has 0 saturated heterocycles. The van der Waals surface area contributed by atoms with Gasteiger partial charge in [-0.1, -0.05) is 5.16 Å². The number of oxime groups is 1. The van der Waals surface area contributed by atoms with E-state index in [0.29, 0.717) is 19.6 Å². The van der Waals surface area contributed by atoms with E-state index in [1.807, 2.05) is 6.92 Å². The number of carbonyl (C=O) groups is 2. The van der Waals surface area contributed by atoms with Crippen molar-refractivity contribution < 1.29 is 24.3 Å². The van der Waals surface area contributed by atoms with Crippen molar-refractivity contribution in [1.29, 1.82) is 0 Å². The highest BCUT2D eigenvalue weighted by Gasteiger charge is 2.17. The van der Waals surface area contributed by atoms with Crippen LogP contribution in [-0.4, -0.2) is 48.0 Å². The summed E-state index contributed by atoms with van der Waals surface area (Å²) in [6.45, 7) is 2.85. The molecule has 1 rings (SSSR count). The fourth-order valence-electron chi connectivity index (χ4n) is 1.05. The third-order valence-electron chi connectivity index (χ3n) is 1.81. The Kier molecular flexibility index (Phi) is 6.47. The summed E-state index contributed by atoms with van der Waals surface area (Å²) in [4.78, 5) is 30.0. The molecule has 0 aromatic carbocycles. The van der Waals surface area contributed by atoms with Gasteiger partial charge in [-0.15, -0.1) is 11.3 Å². The van der Waals surface area contributed by atoms with Gasteiger partial charge in [-0.25, -0.2) is 9.78 Å². The van der Waals surface area contributed by atoms with E-state index >= 15 is 0 Å². The van der Waals surface area contributed by atoms with E-state index in [1.165, 1.54) is 5.38 Å². The summed E-state index contributed by atoms with van der Waals surface area (Å²) in [5.74, 6) is -1.26. The van der Waals surface area contributed by atoms with Crippen molar-refractivity contribution in [2.75, 3.05) is 25.1 Å². The second-order valence-corrected chi connectivity index (χ2v) is 3.93. The monoisotopic (exact) mass is 287 g/mol. The van der Waals surface area contributed by atoms with Crippen molar-refractivity contribution in [3.05, 3.63) is 11.1 Å². The summed E-state index contributed by atoms with van der Waals surface area (Å²) < 4.78 is 5.01. The molecule has 1 heterocycles. The number of carboxylic acids is 1. The molecule has 0 radical (unpaired) electrons. The third kappa shape index (κ3) is 5.02. The average molecular weight is 287 g/mol. The van der Waals surface area contributed by atoms with Crippen LogP contribution >= 0.6 is 11.3 Å². The lowest BCUT2D eigenvalue weighted by Crippen LogP contribution is -2.16. The van der Waals surface area contributed by atoms with Crippen molar-refractivity contribution in [1.82, 2.24) is 4.98 Å². The summed E-state index contributed by atoms with van der Waals surface area (Å²) in [6.07, 6.45) is 0.457. The first-order valence-corrected chi connectivity index (χ1v) is 6.24. The van der Waals surface area contributed by atoms with Crippen LogP contribution in [0.15, 0.2) is 10.5 Å². The maximum absolute atomic E-state index is 11.0. The predicted octanol–water partition coefficient (Wildman–Crippen LogP) is 0.553. The normalized spacial score (nSPS) is 11.1. The van der Waals surface area contributed by atoms with Gasteiger partial charge < -0.3 is 20.0 Å². The quantitative estimate of drug-likeness (QED) is 0.297. The van der Waals surface area contributed by atoms with Gasteiger partial charge in [-0.05, 0) is 6.92 Å². The highest BCUT2D eigenvalue weighted by atomic mass is 32.1. The van der Waals surface area contributed by atoms with Crippen LogP contribution in [0.4, 0.5) is 5.13 Å². The highest BCUT2D eigenvalue weighted by Crippen LogP contribution is 2.15. The Balaban J connectivity index is 2.67. The third-order valence-corrected chi connectivity index (χ3v) is 2.58. The molecule has 104 valence electrons. The number of ether oxygens (including phenoxy) is 1.